The van der Waals surface area contributed by atoms with Gasteiger partial charge in [0.1, 0.15) is 36.5 Å². The van der Waals surface area contributed by atoms with E-state index in [1.54, 1.807) is 95.9 Å². The molecular formula is C59H52N4O15. The third-order valence-electron chi connectivity index (χ3n) is 14.2. The molecule has 6 aromatic rings. The van der Waals surface area contributed by atoms with E-state index in [4.69, 9.17) is 23.7 Å². The van der Waals surface area contributed by atoms with Gasteiger partial charge in [-0.05, 0) is 75.8 Å². The molecule has 0 bridgehead atoms. The van der Waals surface area contributed by atoms with E-state index in [0.717, 1.165) is 19.1 Å². The Balaban J connectivity index is 1.30. The first-order valence-corrected chi connectivity index (χ1v) is 24.8. The van der Waals surface area contributed by atoms with E-state index in [9.17, 15) is 34.7 Å². The van der Waals surface area contributed by atoms with Gasteiger partial charge >= 0.3 is 24.0 Å². The lowest BCUT2D eigenvalue weighted by atomic mass is 9.65. The van der Waals surface area contributed by atoms with Crippen LogP contribution in [-0.2, 0) is 54.9 Å². The molecule has 3 aliphatic rings. The quantitative estimate of drug-likeness (QED) is 0.0233. The van der Waals surface area contributed by atoms with Gasteiger partial charge in [-0.15, -0.1) is 0 Å². The molecule has 0 aromatic heterocycles. The number of nitrogens with one attached hydrogen (secondary N) is 1. The SMILES string of the molecule is COC(=O)C(CC#Cc1ccc2c(c1)[C@]1(C(=O)N2C(=O)OCc2ccc([N+](=O)[O-])cc2)[C@H](c2ccc(OCCO)cc2)N2[C@H](c3ccccc3)[C@H](c3ccccc3)OC(=O)[C@H]2[C@@H]1C(=O)NC[C@H](O)c1ccccc1)C(=O)OC. The lowest BCUT2D eigenvalue weighted by Crippen LogP contribution is -2.56. The number of aliphatic hydroxyl groups excluding tert-OH is 2. The van der Waals surface area contributed by atoms with Gasteiger partial charge in [0, 0.05) is 30.7 Å². The highest BCUT2D eigenvalue weighted by molar-refractivity contribution is 6.23. The largest absolute Gasteiger partial charge is 0.491 e. The van der Waals surface area contributed by atoms with Crippen LogP contribution in [0.4, 0.5) is 16.2 Å². The topological polar surface area (TPSA) is 251 Å². The monoisotopic (exact) mass is 1060 g/mol. The standard InChI is InChI=1S/C59H52N4O15/c1-74-54(67)44(55(68)75-2)20-12-13-36-23-30-46-45(33-36)59(57(70)61(46)58(71)77-35-37-21-26-42(27-22-37)63(72)73)48(53(66)60-34-47(65)38-14-6-3-7-15-38)50-56(69)78-51(40-18-10-5-11-19-40)49(39-16-8-4-9-17-39)62(50)52(59)41-24-28-43(29-25-41)76-32-31-64/h3-11,14-19,21-30,33,44,47-52,64-65H,20,31-32,34-35H2,1-2H3,(H,60,66)/t47-,48+,49+,50+,51-,52-,59+/m0/s1. The summed E-state index contributed by atoms with van der Waals surface area (Å²) in [4.78, 5) is 102. The van der Waals surface area contributed by atoms with Gasteiger partial charge in [-0.2, -0.15) is 0 Å². The van der Waals surface area contributed by atoms with Gasteiger partial charge in [0.05, 0.1) is 55.5 Å². The van der Waals surface area contributed by atoms with Crippen LogP contribution in [0.3, 0.4) is 0 Å². The zero-order valence-electron chi connectivity index (χ0n) is 42.1. The molecule has 0 saturated carbocycles. The average molecular weight is 1060 g/mol. The molecule has 3 heterocycles. The average Bonchev–Trinajstić information content (AvgIpc) is 2.48. The van der Waals surface area contributed by atoms with Crippen LogP contribution in [0.15, 0.2) is 158 Å². The summed E-state index contributed by atoms with van der Waals surface area (Å²) in [5.41, 5.74) is 0.0469. The van der Waals surface area contributed by atoms with Crippen LogP contribution in [-0.4, -0.2) is 95.9 Å². The zero-order valence-corrected chi connectivity index (χ0v) is 42.1. The minimum atomic E-state index is -2.31. The van der Waals surface area contributed by atoms with Gasteiger partial charge in [0.15, 0.2) is 5.92 Å². The highest BCUT2D eigenvalue weighted by Crippen LogP contribution is 2.66. The maximum Gasteiger partial charge on any atom is 0.421 e. The second kappa shape index (κ2) is 23.3. The van der Waals surface area contributed by atoms with Crippen molar-refractivity contribution in [3.05, 3.63) is 207 Å². The van der Waals surface area contributed by atoms with Crippen molar-refractivity contribution in [1.29, 1.82) is 0 Å². The molecule has 0 aliphatic carbocycles. The fourth-order valence-corrected chi connectivity index (χ4v) is 10.7. The smallest absolute Gasteiger partial charge is 0.421 e. The number of ether oxygens (including phenoxy) is 5. The third-order valence-corrected chi connectivity index (χ3v) is 14.2. The van der Waals surface area contributed by atoms with Crippen LogP contribution in [0.1, 0.15) is 69.7 Å². The Morgan fingerprint density at radius 2 is 1.42 bits per heavy atom. The van der Waals surface area contributed by atoms with E-state index in [1.165, 1.54) is 42.5 Å². The molecule has 6 aromatic carbocycles. The number of rotatable bonds is 16. The van der Waals surface area contributed by atoms with E-state index >= 15 is 14.4 Å². The minimum Gasteiger partial charge on any atom is -0.491 e. The molecule has 3 amide bonds. The number of aliphatic hydroxyl groups is 2. The normalized spacial score (nSPS) is 20.6. The van der Waals surface area contributed by atoms with Crippen molar-refractivity contribution >= 4 is 47.2 Å². The molecule has 2 fully saturated rings. The number of hydrogen-bond acceptors (Lipinski definition) is 16. The molecular weight excluding hydrogens is 1000 g/mol. The van der Waals surface area contributed by atoms with Crippen molar-refractivity contribution < 1.29 is 67.6 Å². The van der Waals surface area contributed by atoms with Crippen LogP contribution < -0.4 is 15.0 Å². The highest BCUT2D eigenvalue weighted by atomic mass is 16.6. The second-order valence-corrected chi connectivity index (χ2v) is 18.5. The molecule has 3 aliphatic heterocycles. The number of nitro benzene ring substituents is 1. The Kier molecular flexibility index (Phi) is 16.0. The summed E-state index contributed by atoms with van der Waals surface area (Å²) < 4.78 is 27.9. The van der Waals surface area contributed by atoms with E-state index in [2.05, 4.69) is 17.2 Å². The molecule has 1 spiro atoms. The number of nitro groups is 1. The van der Waals surface area contributed by atoms with Crippen LogP contribution in [0, 0.1) is 33.8 Å². The van der Waals surface area contributed by atoms with Crippen molar-refractivity contribution in [3.63, 3.8) is 0 Å². The van der Waals surface area contributed by atoms with Gasteiger partial charge in [0.2, 0.25) is 11.8 Å². The summed E-state index contributed by atoms with van der Waals surface area (Å²) >= 11 is 0. The number of imide groups is 1. The molecule has 19 heteroatoms. The van der Waals surface area contributed by atoms with Crippen molar-refractivity contribution in [1.82, 2.24) is 10.2 Å². The number of carbonyl (C=O) groups excluding carboxylic acids is 6. The fourth-order valence-electron chi connectivity index (χ4n) is 10.7. The summed E-state index contributed by atoms with van der Waals surface area (Å²) in [6.07, 6.45) is -3.87. The number of morpholine rings is 1. The molecule has 9 rings (SSSR count). The maximum absolute atomic E-state index is 16.7. The highest BCUT2D eigenvalue weighted by Gasteiger charge is 2.75. The Labute approximate surface area is 447 Å². The maximum atomic E-state index is 16.7. The minimum absolute atomic E-state index is 0.0451. The van der Waals surface area contributed by atoms with Crippen LogP contribution in [0.25, 0.3) is 0 Å². The Bertz CT molecular complexity index is 3260. The zero-order chi connectivity index (χ0) is 55.1. The molecule has 78 heavy (non-hydrogen) atoms. The Hall–Kier alpha value is -9.22. The number of cyclic esters (lactones) is 1. The van der Waals surface area contributed by atoms with Crippen LogP contribution >= 0.6 is 0 Å². The number of non-ortho nitro benzene ring substituents is 1. The first kappa shape index (κ1) is 53.6. The molecule has 19 nitrogen and oxygen atoms in total. The number of fused-ring (bicyclic) bond motifs is 3. The van der Waals surface area contributed by atoms with Gasteiger partial charge in [-0.1, -0.05) is 115 Å². The van der Waals surface area contributed by atoms with E-state index < -0.39 is 94.9 Å². The number of hydrogen-bond donors (Lipinski definition) is 3. The number of benzene rings is 6. The summed E-state index contributed by atoms with van der Waals surface area (Å²) in [5, 5.41) is 35.5. The van der Waals surface area contributed by atoms with E-state index in [0.29, 0.717) is 33.6 Å². The number of esters is 3. The first-order valence-electron chi connectivity index (χ1n) is 24.8. The summed E-state index contributed by atoms with van der Waals surface area (Å²) in [5.74, 6) is -1.58. The summed E-state index contributed by atoms with van der Waals surface area (Å²) in [6, 6.07) is 39.0. The van der Waals surface area contributed by atoms with Crippen molar-refractivity contribution in [3.8, 4) is 17.6 Å². The lowest BCUT2D eigenvalue weighted by molar-refractivity contribution is -0.384. The van der Waals surface area contributed by atoms with E-state index in [1.807, 2.05) is 24.3 Å². The van der Waals surface area contributed by atoms with Crippen molar-refractivity contribution in [2.45, 2.75) is 48.8 Å². The number of nitrogens with zero attached hydrogens (tertiary/aromatic N) is 3. The molecule has 3 N–H and O–H groups in total. The Morgan fingerprint density at radius 3 is 2.04 bits per heavy atom. The predicted molar refractivity (Wildman–Crippen MR) is 278 cm³/mol. The third kappa shape index (κ3) is 10.3. The van der Waals surface area contributed by atoms with Gasteiger partial charge < -0.3 is 39.2 Å². The number of anilines is 1. The molecule has 398 valence electrons. The van der Waals surface area contributed by atoms with Gasteiger partial charge in [-0.3, -0.25) is 39.0 Å². The molecule has 0 radical (unpaired) electrons. The molecule has 0 unspecified atom stereocenters. The molecule has 2 saturated heterocycles. The van der Waals surface area contributed by atoms with Gasteiger partial charge in [-0.25, -0.2) is 9.69 Å². The number of methoxy groups -OCH3 is 2. The lowest BCUT2D eigenvalue weighted by Gasteiger charge is -2.46. The summed E-state index contributed by atoms with van der Waals surface area (Å²) in [6.45, 7) is -1.18. The number of amides is 3. The van der Waals surface area contributed by atoms with Crippen LogP contribution in [0.2, 0.25) is 0 Å². The predicted octanol–water partition coefficient (Wildman–Crippen LogP) is 6.52. The van der Waals surface area contributed by atoms with Crippen molar-refractivity contribution in [2.24, 2.45) is 11.8 Å². The second-order valence-electron chi connectivity index (χ2n) is 18.5. The van der Waals surface area contributed by atoms with Gasteiger partial charge in [0.25, 0.3) is 5.69 Å². The van der Waals surface area contributed by atoms with E-state index in [-0.39, 0.29) is 48.7 Å². The first-order chi connectivity index (χ1) is 37.8. The number of carbonyl (C=O) groups is 6. The summed E-state index contributed by atoms with van der Waals surface area (Å²) in [7, 11) is 2.23. The Morgan fingerprint density at radius 1 is 0.795 bits per heavy atom. The van der Waals surface area contributed by atoms with Crippen LogP contribution in [0.5, 0.6) is 5.75 Å². The fraction of sp³-hybridized carbons (Fsp3) is 0.254. The molecule has 7 atom stereocenters. The van der Waals surface area contributed by atoms with Crippen molar-refractivity contribution in [2.75, 3.05) is 38.9 Å².